The number of ether oxygens (including phenoxy) is 1. The first-order valence-corrected chi connectivity index (χ1v) is 6.03. The summed E-state index contributed by atoms with van der Waals surface area (Å²) >= 11 is 0. The molecule has 1 rings (SSSR count). The van der Waals surface area contributed by atoms with E-state index in [1.165, 1.54) is 5.56 Å². The van der Waals surface area contributed by atoms with Crippen LogP contribution >= 0.6 is 0 Å². The number of benzene rings is 1. The molecule has 0 saturated carbocycles. The second-order valence-corrected chi connectivity index (χ2v) is 6.27. The van der Waals surface area contributed by atoms with Gasteiger partial charge in [-0.2, -0.15) is 0 Å². The highest BCUT2D eigenvalue weighted by atomic mass is 16.5. The van der Waals surface area contributed by atoms with Crippen LogP contribution in [0.5, 0.6) is 5.75 Å². The van der Waals surface area contributed by atoms with Gasteiger partial charge in [0.15, 0.2) is 0 Å². The number of hydrogen-bond donors (Lipinski definition) is 1. The van der Waals surface area contributed by atoms with Gasteiger partial charge in [0.25, 0.3) is 0 Å². The SMILES string of the molecule is COc1ccc(CC(C)(C)O)cc1C(C)(C)C. The second kappa shape index (κ2) is 4.69. The third kappa shape index (κ3) is 4.04. The molecule has 96 valence electrons. The molecule has 0 radical (unpaired) electrons. The smallest absolute Gasteiger partial charge is 0.122 e. The molecule has 0 spiro atoms. The van der Waals surface area contributed by atoms with E-state index in [2.05, 4.69) is 26.8 Å². The number of aliphatic hydroxyl groups is 1. The summed E-state index contributed by atoms with van der Waals surface area (Å²) < 4.78 is 5.39. The quantitative estimate of drug-likeness (QED) is 0.872. The Bertz CT molecular complexity index is 381. The summed E-state index contributed by atoms with van der Waals surface area (Å²) in [5.74, 6) is 0.914. The van der Waals surface area contributed by atoms with Crippen molar-refractivity contribution < 1.29 is 9.84 Å². The lowest BCUT2D eigenvalue weighted by molar-refractivity contribution is 0.0809. The molecule has 1 aromatic rings. The third-order valence-electron chi connectivity index (χ3n) is 2.71. The molecule has 0 aliphatic rings. The predicted octanol–water partition coefficient (Wildman–Crippen LogP) is 3.31. The molecule has 0 unspecified atom stereocenters. The van der Waals surface area contributed by atoms with Gasteiger partial charge < -0.3 is 9.84 Å². The zero-order valence-electron chi connectivity index (χ0n) is 11.8. The first kappa shape index (κ1) is 14.0. The third-order valence-corrected chi connectivity index (χ3v) is 2.71. The molecule has 0 bridgehead atoms. The van der Waals surface area contributed by atoms with Crippen LogP contribution in [0.1, 0.15) is 45.7 Å². The van der Waals surface area contributed by atoms with Crippen LogP contribution in [0.3, 0.4) is 0 Å². The number of hydrogen-bond acceptors (Lipinski definition) is 2. The molecule has 0 heterocycles. The molecule has 0 fully saturated rings. The summed E-state index contributed by atoms with van der Waals surface area (Å²) in [4.78, 5) is 0. The van der Waals surface area contributed by atoms with E-state index in [4.69, 9.17) is 4.74 Å². The molecule has 17 heavy (non-hydrogen) atoms. The van der Waals surface area contributed by atoms with Crippen molar-refractivity contribution in [1.29, 1.82) is 0 Å². The summed E-state index contributed by atoms with van der Waals surface area (Å²) in [5, 5.41) is 9.86. The van der Waals surface area contributed by atoms with Crippen molar-refractivity contribution in [1.82, 2.24) is 0 Å². The van der Waals surface area contributed by atoms with Gasteiger partial charge in [-0.15, -0.1) is 0 Å². The Morgan fingerprint density at radius 1 is 1.12 bits per heavy atom. The van der Waals surface area contributed by atoms with Gasteiger partial charge in [0.1, 0.15) is 5.75 Å². The van der Waals surface area contributed by atoms with Crippen molar-refractivity contribution in [3.63, 3.8) is 0 Å². The minimum Gasteiger partial charge on any atom is -0.496 e. The van der Waals surface area contributed by atoms with Crippen molar-refractivity contribution in [3.8, 4) is 5.75 Å². The fourth-order valence-electron chi connectivity index (χ4n) is 1.95. The zero-order chi connectivity index (χ0) is 13.3. The first-order valence-electron chi connectivity index (χ1n) is 6.03. The standard InChI is InChI=1S/C15H24O2/c1-14(2,3)12-9-11(10-15(4,5)16)7-8-13(12)17-6/h7-9,16H,10H2,1-6H3. The van der Waals surface area contributed by atoms with Crippen LogP contribution in [0.4, 0.5) is 0 Å². The van der Waals surface area contributed by atoms with E-state index >= 15 is 0 Å². The summed E-state index contributed by atoms with van der Waals surface area (Å²) in [6.07, 6.45) is 0.653. The molecule has 0 aliphatic carbocycles. The molecule has 0 atom stereocenters. The molecule has 1 N–H and O–H groups in total. The molecular weight excluding hydrogens is 212 g/mol. The first-order chi connectivity index (χ1) is 7.63. The zero-order valence-corrected chi connectivity index (χ0v) is 11.8. The van der Waals surface area contributed by atoms with Gasteiger partial charge >= 0.3 is 0 Å². The Labute approximate surface area is 105 Å². The second-order valence-electron chi connectivity index (χ2n) is 6.27. The molecule has 2 nitrogen and oxygen atoms in total. The van der Waals surface area contributed by atoms with E-state index < -0.39 is 5.60 Å². The fraction of sp³-hybridized carbons (Fsp3) is 0.600. The minimum atomic E-state index is -0.677. The Morgan fingerprint density at radius 2 is 1.71 bits per heavy atom. The molecule has 0 saturated heterocycles. The number of rotatable bonds is 3. The lowest BCUT2D eigenvalue weighted by Crippen LogP contribution is -2.22. The van der Waals surface area contributed by atoms with Gasteiger partial charge in [-0.3, -0.25) is 0 Å². The number of methoxy groups -OCH3 is 1. The highest BCUT2D eigenvalue weighted by Crippen LogP contribution is 2.32. The van der Waals surface area contributed by atoms with Crippen LogP contribution in [0.15, 0.2) is 18.2 Å². The van der Waals surface area contributed by atoms with Gasteiger partial charge in [0.05, 0.1) is 12.7 Å². The largest absolute Gasteiger partial charge is 0.496 e. The maximum Gasteiger partial charge on any atom is 0.122 e. The van der Waals surface area contributed by atoms with Gasteiger partial charge in [-0.05, 0) is 36.5 Å². The Kier molecular flexibility index (Phi) is 3.88. The van der Waals surface area contributed by atoms with Gasteiger partial charge in [-0.25, -0.2) is 0 Å². The molecular formula is C15H24O2. The summed E-state index contributed by atoms with van der Waals surface area (Å²) in [5.41, 5.74) is 1.69. The topological polar surface area (TPSA) is 29.5 Å². The van der Waals surface area contributed by atoms with Crippen LogP contribution < -0.4 is 4.74 Å². The van der Waals surface area contributed by atoms with Crippen molar-refractivity contribution in [3.05, 3.63) is 29.3 Å². The Hall–Kier alpha value is -1.02. The average molecular weight is 236 g/mol. The summed E-state index contributed by atoms with van der Waals surface area (Å²) in [6, 6.07) is 6.14. The van der Waals surface area contributed by atoms with Crippen LogP contribution in [0, 0.1) is 0 Å². The normalized spacial score (nSPS) is 12.6. The average Bonchev–Trinajstić information content (AvgIpc) is 2.13. The fourth-order valence-corrected chi connectivity index (χ4v) is 1.95. The molecule has 0 aliphatic heterocycles. The van der Waals surface area contributed by atoms with E-state index in [1.54, 1.807) is 7.11 Å². The van der Waals surface area contributed by atoms with E-state index in [1.807, 2.05) is 26.0 Å². The maximum absolute atomic E-state index is 9.86. The maximum atomic E-state index is 9.86. The van der Waals surface area contributed by atoms with E-state index in [9.17, 15) is 5.11 Å². The summed E-state index contributed by atoms with van der Waals surface area (Å²) in [7, 11) is 1.69. The van der Waals surface area contributed by atoms with Crippen LogP contribution in [-0.2, 0) is 11.8 Å². The molecule has 0 amide bonds. The van der Waals surface area contributed by atoms with E-state index in [0.717, 1.165) is 11.3 Å². The van der Waals surface area contributed by atoms with Crippen molar-refractivity contribution >= 4 is 0 Å². The predicted molar refractivity (Wildman–Crippen MR) is 71.7 cm³/mol. The van der Waals surface area contributed by atoms with E-state index in [-0.39, 0.29) is 5.41 Å². The van der Waals surface area contributed by atoms with Crippen molar-refractivity contribution in [2.45, 2.75) is 52.1 Å². The van der Waals surface area contributed by atoms with E-state index in [0.29, 0.717) is 6.42 Å². The monoisotopic (exact) mass is 236 g/mol. The molecule has 2 heteroatoms. The minimum absolute atomic E-state index is 0.0426. The highest BCUT2D eigenvalue weighted by Gasteiger charge is 2.21. The lowest BCUT2D eigenvalue weighted by atomic mass is 9.84. The van der Waals surface area contributed by atoms with Gasteiger partial charge in [-0.1, -0.05) is 32.9 Å². The van der Waals surface area contributed by atoms with Crippen molar-refractivity contribution in [2.24, 2.45) is 0 Å². The molecule has 0 aromatic heterocycles. The van der Waals surface area contributed by atoms with Gasteiger partial charge in [0.2, 0.25) is 0 Å². The van der Waals surface area contributed by atoms with Crippen LogP contribution in [-0.4, -0.2) is 17.8 Å². The molecule has 1 aromatic carbocycles. The Balaban J connectivity index is 3.14. The van der Waals surface area contributed by atoms with Crippen LogP contribution in [0.25, 0.3) is 0 Å². The van der Waals surface area contributed by atoms with Gasteiger partial charge in [0, 0.05) is 6.42 Å². The van der Waals surface area contributed by atoms with Crippen LogP contribution in [0.2, 0.25) is 0 Å². The van der Waals surface area contributed by atoms with Crippen molar-refractivity contribution in [2.75, 3.05) is 7.11 Å². The Morgan fingerprint density at radius 3 is 2.12 bits per heavy atom. The summed E-state index contributed by atoms with van der Waals surface area (Å²) in [6.45, 7) is 10.2. The highest BCUT2D eigenvalue weighted by molar-refractivity contribution is 5.41. The lowest BCUT2D eigenvalue weighted by Gasteiger charge is -2.24.